The number of nitrogens with zero attached hydrogens (tertiary/aromatic N) is 1. The fraction of sp³-hybridized carbons (Fsp3) is 1.00. The molecule has 1 atom stereocenters. The zero-order chi connectivity index (χ0) is 10.5. The first-order valence-corrected chi connectivity index (χ1v) is 6.57. The zero-order valence-corrected chi connectivity index (χ0v) is 8.97. The molecule has 3 N–H and O–H groups in total. The van der Waals surface area contributed by atoms with Crippen LogP contribution < -0.4 is 5.14 Å². The second kappa shape index (κ2) is 5.78. The first kappa shape index (κ1) is 13.1. The summed E-state index contributed by atoms with van der Waals surface area (Å²) in [6.45, 7) is 0.647. The van der Waals surface area contributed by atoms with Gasteiger partial charge in [0.05, 0.1) is 5.75 Å². The fourth-order valence-corrected chi connectivity index (χ4v) is 1.66. The molecule has 13 heavy (non-hydrogen) atoms. The molecule has 0 amide bonds. The summed E-state index contributed by atoms with van der Waals surface area (Å²) in [5.41, 5.74) is 0. The molecule has 0 radical (unpaired) electrons. The summed E-state index contributed by atoms with van der Waals surface area (Å²) in [7, 11) is -2.24. The molecule has 6 nitrogen and oxygen atoms in total. The van der Waals surface area contributed by atoms with Crippen LogP contribution in [0.1, 0.15) is 0 Å². The van der Waals surface area contributed by atoms with Crippen LogP contribution in [0.15, 0.2) is 0 Å². The highest BCUT2D eigenvalue weighted by Gasteiger charge is 2.08. The van der Waals surface area contributed by atoms with Crippen molar-refractivity contribution < 1.29 is 17.5 Å². The third-order valence-electron chi connectivity index (χ3n) is 1.41. The Morgan fingerprint density at radius 2 is 2.08 bits per heavy atom. The van der Waals surface area contributed by atoms with E-state index in [2.05, 4.69) is 0 Å². The van der Waals surface area contributed by atoms with Gasteiger partial charge in [-0.3, -0.25) is 4.55 Å². The average molecular weight is 230 g/mol. The lowest BCUT2D eigenvalue weighted by molar-refractivity contribution is 0.367. The lowest BCUT2D eigenvalue weighted by Gasteiger charge is -2.14. The first-order valence-electron chi connectivity index (χ1n) is 3.58. The Kier molecular flexibility index (Phi) is 5.85. The van der Waals surface area contributed by atoms with Crippen LogP contribution >= 0.6 is 0 Å². The topological polar surface area (TPSA) is 107 Å². The normalized spacial score (nSPS) is 14.8. The summed E-state index contributed by atoms with van der Waals surface area (Å²) in [4.78, 5) is 1.64. The van der Waals surface area contributed by atoms with E-state index in [4.69, 9.17) is 9.69 Å². The maximum atomic E-state index is 10.4. The molecule has 0 bridgehead atoms. The summed E-state index contributed by atoms with van der Waals surface area (Å²) in [6.07, 6.45) is 0. The molecule has 0 aliphatic carbocycles. The highest BCUT2D eigenvalue weighted by atomic mass is 32.2. The molecule has 0 fully saturated rings. The molecule has 0 heterocycles. The van der Waals surface area contributed by atoms with E-state index in [1.54, 1.807) is 11.9 Å². The van der Waals surface area contributed by atoms with Crippen molar-refractivity contribution in [1.29, 1.82) is 0 Å². The lowest BCUT2D eigenvalue weighted by atomic mass is 10.6. The average Bonchev–Trinajstić information content (AvgIpc) is 1.95. The molecule has 0 aromatic rings. The standard InChI is InChI=1S/C5H14N2O4S2/c1-7(2-4-12(6)8)3-5-13(9,10)11/h2-6H2,1H3,(H,9,10,11). The van der Waals surface area contributed by atoms with E-state index in [1.807, 2.05) is 0 Å². The van der Waals surface area contributed by atoms with Gasteiger partial charge in [-0.05, 0) is 7.05 Å². The van der Waals surface area contributed by atoms with Crippen molar-refractivity contribution >= 4 is 21.5 Å². The Hall–Kier alpha value is 0.140. The highest BCUT2D eigenvalue weighted by molar-refractivity contribution is 7.89. The quantitative estimate of drug-likeness (QED) is 0.421. The van der Waals surface area contributed by atoms with Gasteiger partial charge in [0, 0.05) is 24.5 Å². The van der Waals surface area contributed by atoms with Crippen molar-refractivity contribution in [3.8, 4) is 0 Å². The van der Waals surface area contributed by atoms with E-state index in [0.717, 1.165) is 0 Å². The summed E-state index contributed by atoms with van der Waals surface area (Å²) in [5, 5.41) is 5.00. The lowest BCUT2D eigenvalue weighted by Crippen LogP contribution is -2.32. The van der Waals surface area contributed by atoms with Crippen LogP contribution in [0.5, 0.6) is 0 Å². The maximum Gasteiger partial charge on any atom is 0.266 e. The molecule has 0 rings (SSSR count). The summed E-state index contributed by atoms with van der Waals surface area (Å²) in [6, 6.07) is 0. The van der Waals surface area contributed by atoms with Crippen molar-refractivity contribution in [3.63, 3.8) is 0 Å². The van der Waals surface area contributed by atoms with E-state index in [-0.39, 0.29) is 12.3 Å². The van der Waals surface area contributed by atoms with Gasteiger partial charge in [0.2, 0.25) is 0 Å². The van der Waals surface area contributed by atoms with Crippen molar-refractivity contribution in [2.45, 2.75) is 0 Å². The zero-order valence-electron chi connectivity index (χ0n) is 7.34. The Morgan fingerprint density at radius 1 is 1.54 bits per heavy atom. The maximum absolute atomic E-state index is 10.4. The van der Waals surface area contributed by atoms with Crippen molar-refractivity contribution in [2.75, 3.05) is 31.6 Å². The van der Waals surface area contributed by atoms with Crippen LogP contribution in [-0.4, -0.2) is 54.1 Å². The molecule has 80 valence electrons. The smallest absolute Gasteiger partial charge is 0.266 e. The highest BCUT2D eigenvalue weighted by Crippen LogP contribution is 1.88. The molecule has 0 spiro atoms. The van der Waals surface area contributed by atoms with E-state index >= 15 is 0 Å². The minimum Gasteiger partial charge on any atom is -0.598 e. The molecule has 0 aromatic heterocycles. The van der Waals surface area contributed by atoms with Gasteiger partial charge in [0.15, 0.2) is 0 Å². The number of rotatable bonds is 6. The molecule has 8 heteroatoms. The molecule has 0 aliphatic heterocycles. The van der Waals surface area contributed by atoms with Crippen molar-refractivity contribution in [3.05, 3.63) is 0 Å². The van der Waals surface area contributed by atoms with E-state index in [0.29, 0.717) is 12.3 Å². The number of hydrogen-bond acceptors (Lipinski definition) is 5. The second-order valence-electron chi connectivity index (χ2n) is 2.67. The molecule has 0 aromatic carbocycles. The third-order valence-corrected chi connectivity index (χ3v) is 2.69. The minimum absolute atomic E-state index is 0.204. The van der Waals surface area contributed by atoms with E-state index in [1.165, 1.54) is 0 Å². The molecule has 0 aliphatic rings. The van der Waals surface area contributed by atoms with Crippen molar-refractivity contribution in [2.24, 2.45) is 5.14 Å². The Labute approximate surface area is 81.2 Å². The largest absolute Gasteiger partial charge is 0.598 e. The molecular formula is C5H14N2O4S2. The molecule has 0 saturated heterocycles. The van der Waals surface area contributed by atoms with Crippen LogP contribution in [-0.2, 0) is 21.5 Å². The van der Waals surface area contributed by atoms with Gasteiger partial charge < -0.3 is 9.45 Å². The van der Waals surface area contributed by atoms with Gasteiger partial charge in [-0.25, -0.2) is 0 Å². The van der Waals surface area contributed by atoms with Crippen LogP contribution in [0, 0.1) is 0 Å². The summed E-state index contributed by atoms with van der Waals surface area (Å²) >= 11 is -1.36. The van der Waals surface area contributed by atoms with Crippen LogP contribution in [0.2, 0.25) is 0 Å². The predicted octanol–water partition coefficient (Wildman–Crippen LogP) is -1.57. The van der Waals surface area contributed by atoms with Gasteiger partial charge >= 0.3 is 0 Å². The van der Waals surface area contributed by atoms with Crippen molar-refractivity contribution in [1.82, 2.24) is 4.90 Å². The van der Waals surface area contributed by atoms with Gasteiger partial charge in [0.1, 0.15) is 5.75 Å². The number of nitrogens with two attached hydrogens (primary N) is 1. The number of hydrogen-bond donors (Lipinski definition) is 2. The van der Waals surface area contributed by atoms with Crippen LogP contribution in [0.25, 0.3) is 0 Å². The van der Waals surface area contributed by atoms with E-state index in [9.17, 15) is 13.0 Å². The van der Waals surface area contributed by atoms with Gasteiger partial charge in [-0.15, -0.1) is 0 Å². The monoisotopic (exact) mass is 230 g/mol. The molecule has 0 saturated carbocycles. The van der Waals surface area contributed by atoms with Gasteiger partial charge in [-0.2, -0.15) is 13.6 Å². The minimum atomic E-state index is -3.91. The predicted molar refractivity (Wildman–Crippen MR) is 51.1 cm³/mol. The third kappa shape index (κ3) is 10.1. The van der Waals surface area contributed by atoms with Crippen LogP contribution in [0.3, 0.4) is 0 Å². The van der Waals surface area contributed by atoms with Crippen LogP contribution in [0.4, 0.5) is 0 Å². The fourth-order valence-electron chi connectivity index (χ4n) is 0.629. The Bertz CT molecular complexity index is 229. The van der Waals surface area contributed by atoms with Gasteiger partial charge in [-0.1, -0.05) is 0 Å². The summed E-state index contributed by atoms with van der Waals surface area (Å²) in [5.74, 6) is -0.0251. The Morgan fingerprint density at radius 3 is 2.46 bits per heavy atom. The SMILES string of the molecule is CN(CC[S+](N)[O-])CCS(=O)(=O)O. The van der Waals surface area contributed by atoms with E-state index < -0.39 is 21.5 Å². The van der Waals surface area contributed by atoms with Gasteiger partial charge in [0.25, 0.3) is 10.1 Å². The first-order chi connectivity index (χ1) is 5.81. The Balaban J connectivity index is 3.58. The molecular weight excluding hydrogens is 216 g/mol. The molecule has 1 unspecified atom stereocenters. The second-order valence-corrected chi connectivity index (χ2v) is 5.42. The summed E-state index contributed by atoms with van der Waals surface area (Å²) < 4.78 is 39.5.